The minimum absolute atomic E-state index is 0.0526. The minimum atomic E-state index is -0.601. The van der Waals surface area contributed by atoms with Crippen molar-refractivity contribution in [1.29, 1.82) is 0 Å². The molecule has 1 aromatic heterocycles. The summed E-state index contributed by atoms with van der Waals surface area (Å²) < 4.78 is 0. The first kappa shape index (κ1) is 9.15. The van der Waals surface area contributed by atoms with E-state index in [1.165, 1.54) is 11.3 Å². The number of hydrogen-bond acceptors (Lipinski definition) is 3. The smallest absolute Gasteiger partial charge is 0.276 e. The van der Waals surface area contributed by atoms with Gasteiger partial charge in [-0.05, 0) is 19.1 Å². The molecule has 0 fully saturated rings. The van der Waals surface area contributed by atoms with Crippen molar-refractivity contribution in [3.8, 4) is 0 Å². The van der Waals surface area contributed by atoms with Crippen LogP contribution in [0.3, 0.4) is 0 Å². The van der Waals surface area contributed by atoms with Crippen LogP contribution in [-0.4, -0.2) is 10.9 Å². The van der Waals surface area contributed by atoms with Crippen LogP contribution in [0.5, 0.6) is 0 Å². The normalized spacial score (nSPS) is 9.42. The summed E-state index contributed by atoms with van der Waals surface area (Å²) in [5.74, 6) is -0.601. The molecule has 1 aromatic rings. The topological polar surface area (TPSA) is 55.1 Å². The lowest BCUT2D eigenvalue weighted by molar-refractivity contribution is -0.111. The summed E-state index contributed by atoms with van der Waals surface area (Å²) in [6.07, 6.45) is 0. The molecule has 0 bridgehead atoms. The third kappa shape index (κ3) is 2.28. The van der Waals surface area contributed by atoms with Gasteiger partial charge in [0, 0.05) is 4.88 Å². The Morgan fingerprint density at radius 3 is 2.75 bits per heavy atom. The number of rotatable bonds is 1. The van der Waals surface area contributed by atoms with Gasteiger partial charge in [-0.1, -0.05) is 12.2 Å². The highest BCUT2D eigenvalue weighted by Crippen LogP contribution is 2.20. The van der Waals surface area contributed by atoms with Crippen LogP contribution in [0.15, 0.2) is 12.1 Å². The van der Waals surface area contributed by atoms with Crippen molar-refractivity contribution < 1.29 is 4.79 Å². The lowest BCUT2D eigenvalue weighted by Crippen LogP contribution is -2.27. The number of carbonyl (C=O) groups is 1. The average molecular weight is 200 g/mol. The highest BCUT2D eigenvalue weighted by molar-refractivity contribution is 7.82. The highest BCUT2D eigenvalue weighted by atomic mass is 32.1. The van der Waals surface area contributed by atoms with E-state index in [2.05, 4.69) is 5.32 Å². The Morgan fingerprint density at radius 2 is 2.33 bits per heavy atom. The fourth-order valence-electron chi connectivity index (χ4n) is 0.675. The number of primary amides is 1. The molecule has 0 spiro atoms. The molecule has 0 unspecified atom stereocenters. The van der Waals surface area contributed by atoms with Crippen molar-refractivity contribution in [3.63, 3.8) is 0 Å². The quantitative estimate of drug-likeness (QED) is 0.671. The van der Waals surface area contributed by atoms with Crippen LogP contribution in [0.25, 0.3) is 0 Å². The van der Waals surface area contributed by atoms with Gasteiger partial charge in [-0.2, -0.15) is 0 Å². The van der Waals surface area contributed by atoms with Gasteiger partial charge in [0.25, 0.3) is 5.91 Å². The van der Waals surface area contributed by atoms with E-state index < -0.39 is 5.91 Å². The van der Waals surface area contributed by atoms with Gasteiger partial charge < -0.3 is 11.1 Å². The SMILES string of the molecule is Cc1ccc(NC(=S)C(N)=O)s1. The van der Waals surface area contributed by atoms with Crippen molar-refractivity contribution in [1.82, 2.24) is 0 Å². The van der Waals surface area contributed by atoms with E-state index >= 15 is 0 Å². The number of nitrogens with two attached hydrogens (primary N) is 1. The fourth-order valence-corrected chi connectivity index (χ4v) is 1.62. The summed E-state index contributed by atoms with van der Waals surface area (Å²) >= 11 is 6.22. The Kier molecular flexibility index (Phi) is 2.78. The fraction of sp³-hybridized carbons (Fsp3) is 0.143. The van der Waals surface area contributed by atoms with Crippen LogP contribution in [0.4, 0.5) is 5.00 Å². The van der Waals surface area contributed by atoms with Crippen LogP contribution in [0, 0.1) is 6.92 Å². The zero-order valence-corrected chi connectivity index (χ0v) is 8.09. The second-order valence-electron chi connectivity index (χ2n) is 2.23. The molecule has 3 N–H and O–H groups in total. The highest BCUT2D eigenvalue weighted by Gasteiger charge is 2.04. The molecule has 0 aromatic carbocycles. The van der Waals surface area contributed by atoms with Gasteiger partial charge in [0.2, 0.25) is 0 Å². The van der Waals surface area contributed by atoms with Crippen molar-refractivity contribution >= 4 is 39.5 Å². The maximum atomic E-state index is 10.5. The van der Waals surface area contributed by atoms with Gasteiger partial charge in [-0.3, -0.25) is 4.79 Å². The summed E-state index contributed by atoms with van der Waals surface area (Å²) in [4.78, 5) is 11.7. The number of hydrogen-bond donors (Lipinski definition) is 2. The lowest BCUT2D eigenvalue weighted by atomic mass is 10.5. The van der Waals surface area contributed by atoms with Gasteiger partial charge in [-0.15, -0.1) is 11.3 Å². The molecule has 0 radical (unpaired) electrons. The molecule has 3 nitrogen and oxygen atoms in total. The van der Waals surface area contributed by atoms with E-state index in [-0.39, 0.29) is 4.99 Å². The van der Waals surface area contributed by atoms with Gasteiger partial charge in [0.15, 0.2) is 4.99 Å². The second kappa shape index (κ2) is 3.64. The largest absolute Gasteiger partial charge is 0.364 e. The van der Waals surface area contributed by atoms with Crippen LogP contribution < -0.4 is 11.1 Å². The van der Waals surface area contributed by atoms with Gasteiger partial charge >= 0.3 is 0 Å². The van der Waals surface area contributed by atoms with Crippen LogP contribution in [-0.2, 0) is 4.79 Å². The number of nitrogens with one attached hydrogen (secondary N) is 1. The Bertz CT molecular complexity index is 319. The second-order valence-corrected chi connectivity index (χ2v) is 3.92. The van der Waals surface area contributed by atoms with Crippen LogP contribution >= 0.6 is 23.6 Å². The van der Waals surface area contributed by atoms with Gasteiger partial charge in [0.05, 0.1) is 5.00 Å². The number of carbonyl (C=O) groups excluding carboxylic acids is 1. The molecule has 0 aliphatic carbocycles. The summed E-state index contributed by atoms with van der Waals surface area (Å²) in [5, 5.41) is 3.58. The molecule has 1 amide bonds. The van der Waals surface area contributed by atoms with Crippen molar-refractivity contribution in [2.24, 2.45) is 5.73 Å². The third-order valence-corrected chi connectivity index (χ3v) is 2.42. The summed E-state index contributed by atoms with van der Waals surface area (Å²) in [7, 11) is 0. The summed E-state index contributed by atoms with van der Waals surface area (Å²) in [5.41, 5.74) is 4.95. The molecule has 1 rings (SSSR count). The molecule has 0 aliphatic heterocycles. The molecule has 5 heteroatoms. The predicted molar refractivity (Wildman–Crippen MR) is 54.5 cm³/mol. The molecule has 0 saturated carbocycles. The van der Waals surface area contributed by atoms with E-state index in [1.54, 1.807) is 0 Å². The molecule has 64 valence electrons. The first-order valence-electron chi connectivity index (χ1n) is 3.27. The third-order valence-electron chi connectivity index (χ3n) is 1.20. The molecular formula is C7H8N2OS2. The average Bonchev–Trinajstić information content (AvgIpc) is 2.35. The molecular weight excluding hydrogens is 192 g/mol. The predicted octanol–water partition coefficient (Wildman–Crippen LogP) is 1.28. The first-order chi connectivity index (χ1) is 5.59. The Labute approximate surface area is 79.6 Å². The molecule has 0 saturated heterocycles. The lowest BCUT2D eigenvalue weighted by Gasteiger charge is -1.99. The maximum Gasteiger partial charge on any atom is 0.276 e. The standard InChI is InChI=1S/C7H8N2OS2/c1-4-2-3-5(12-4)9-7(11)6(8)10/h2-3H,1H3,(H2,8,10)(H,9,11). The zero-order chi connectivity index (χ0) is 9.14. The van der Waals surface area contributed by atoms with E-state index in [4.69, 9.17) is 18.0 Å². The van der Waals surface area contributed by atoms with Gasteiger partial charge in [0.1, 0.15) is 0 Å². The number of thiophene rings is 1. The van der Waals surface area contributed by atoms with E-state index in [0.717, 1.165) is 9.88 Å². The summed E-state index contributed by atoms with van der Waals surface area (Å²) in [6, 6.07) is 3.80. The number of thiocarbonyl (C=S) groups is 1. The van der Waals surface area contributed by atoms with Crippen molar-refractivity contribution in [3.05, 3.63) is 17.0 Å². The van der Waals surface area contributed by atoms with Crippen molar-refractivity contribution in [2.45, 2.75) is 6.92 Å². The van der Waals surface area contributed by atoms with Crippen LogP contribution in [0.2, 0.25) is 0 Å². The number of anilines is 1. The Morgan fingerprint density at radius 1 is 1.67 bits per heavy atom. The summed E-state index contributed by atoms with van der Waals surface area (Å²) in [6.45, 7) is 1.98. The van der Waals surface area contributed by atoms with Crippen molar-refractivity contribution in [2.75, 3.05) is 5.32 Å². The molecule has 1 heterocycles. The molecule has 0 aliphatic rings. The first-order valence-corrected chi connectivity index (χ1v) is 4.49. The van der Waals surface area contributed by atoms with Crippen LogP contribution in [0.1, 0.15) is 4.88 Å². The van der Waals surface area contributed by atoms with E-state index in [9.17, 15) is 4.79 Å². The molecule has 0 atom stereocenters. The zero-order valence-electron chi connectivity index (χ0n) is 6.46. The number of aryl methyl sites for hydroxylation is 1. The Balaban J connectivity index is 2.64. The Hall–Kier alpha value is -0.940. The van der Waals surface area contributed by atoms with Gasteiger partial charge in [-0.25, -0.2) is 0 Å². The molecule has 12 heavy (non-hydrogen) atoms. The number of amides is 1. The monoisotopic (exact) mass is 200 g/mol. The van der Waals surface area contributed by atoms with E-state index in [0.29, 0.717) is 0 Å². The minimum Gasteiger partial charge on any atom is -0.364 e. The van der Waals surface area contributed by atoms with E-state index in [1.807, 2.05) is 19.1 Å². The maximum absolute atomic E-state index is 10.5.